The minimum atomic E-state index is -3.82. The van der Waals surface area contributed by atoms with Crippen LogP contribution in [0, 0.1) is 13.8 Å². The first kappa shape index (κ1) is 14.5. The number of sulfonamides is 1. The maximum Gasteiger partial charge on any atom is 0.265 e. The molecule has 102 valence electrons. The van der Waals surface area contributed by atoms with E-state index in [1.807, 2.05) is 0 Å². The number of hydrogen-bond acceptors (Lipinski definition) is 5. The normalized spacial score (nSPS) is 11.6. The van der Waals surface area contributed by atoms with Crippen molar-refractivity contribution in [3.05, 3.63) is 32.3 Å². The quantitative estimate of drug-likeness (QED) is 0.932. The molecule has 0 aliphatic heterocycles. The largest absolute Gasteiger partial charge is 0.265 e. The molecule has 5 nitrogen and oxygen atoms in total. The van der Waals surface area contributed by atoms with Crippen LogP contribution in [-0.4, -0.2) is 18.4 Å². The molecule has 2 heterocycles. The van der Waals surface area contributed by atoms with Crippen LogP contribution in [0.2, 0.25) is 8.67 Å². The maximum atomic E-state index is 12.2. The summed E-state index contributed by atoms with van der Waals surface area (Å²) in [6, 6.07) is 1.30. The van der Waals surface area contributed by atoms with Gasteiger partial charge in [-0.05, 0) is 19.9 Å². The molecular formula is C10H9Cl2N3O2S2. The molecular weight excluding hydrogens is 329 g/mol. The highest BCUT2D eigenvalue weighted by Gasteiger charge is 2.22. The molecule has 0 fully saturated rings. The number of nitrogens with zero attached hydrogens (tertiary/aromatic N) is 2. The van der Waals surface area contributed by atoms with E-state index in [2.05, 4.69) is 14.7 Å². The molecule has 0 aliphatic rings. The van der Waals surface area contributed by atoms with Crippen LogP contribution in [0.5, 0.6) is 0 Å². The minimum Gasteiger partial charge on any atom is -0.262 e. The van der Waals surface area contributed by atoms with Gasteiger partial charge in [-0.2, -0.15) is 0 Å². The average Bonchev–Trinajstić information content (AvgIpc) is 2.63. The van der Waals surface area contributed by atoms with Crippen LogP contribution in [-0.2, 0) is 10.0 Å². The number of anilines is 1. The molecule has 1 N–H and O–H groups in total. The number of aromatic nitrogens is 2. The zero-order chi connectivity index (χ0) is 14.2. The molecule has 2 rings (SSSR count). The molecule has 0 saturated heterocycles. The second kappa shape index (κ2) is 5.24. The van der Waals surface area contributed by atoms with Crippen LogP contribution in [0.15, 0.2) is 17.2 Å². The zero-order valence-corrected chi connectivity index (χ0v) is 13.1. The summed E-state index contributed by atoms with van der Waals surface area (Å²) in [7, 11) is -3.82. The average molecular weight is 338 g/mol. The molecule has 0 aliphatic carbocycles. The predicted molar refractivity (Wildman–Crippen MR) is 76.7 cm³/mol. The van der Waals surface area contributed by atoms with Gasteiger partial charge in [-0.15, -0.1) is 11.3 Å². The van der Waals surface area contributed by atoms with Gasteiger partial charge in [0.15, 0.2) is 5.82 Å². The van der Waals surface area contributed by atoms with E-state index < -0.39 is 10.0 Å². The van der Waals surface area contributed by atoms with E-state index >= 15 is 0 Å². The number of hydrogen-bond donors (Lipinski definition) is 1. The predicted octanol–water partition coefficient (Wildman–Crippen LogP) is 3.26. The van der Waals surface area contributed by atoms with Crippen LogP contribution in [0.4, 0.5) is 5.82 Å². The van der Waals surface area contributed by atoms with Gasteiger partial charge in [-0.1, -0.05) is 23.2 Å². The number of thiophene rings is 1. The van der Waals surface area contributed by atoms with Crippen molar-refractivity contribution in [2.45, 2.75) is 18.7 Å². The van der Waals surface area contributed by atoms with Gasteiger partial charge in [-0.25, -0.2) is 13.4 Å². The van der Waals surface area contributed by atoms with Crippen molar-refractivity contribution in [3.8, 4) is 0 Å². The second-order valence-corrected chi connectivity index (χ2v) is 7.68. The molecule has 0 unspecified atom stereocenters. The lowest BCUT2D eigenvalue weighted by molar-refractivity contribution is 0.601. The Morgan fingerprint density at radius 3 is 2.53 bits per heavy atom. The molecule has 0 saturated carbocycles. The highest BCUT2D eigenvalue weighted by molar-refractivity contribution is 7.93. The first-order chi connectivity index (χ1) is 8.79. The van der Waals surface area contributed by atoms with E-state index in [0.717, 1.165) is 11.3 Å². The summed E-state index contributed by atoms with van der Waals surface area (Å²) >= 11 is 12.6. The number of rotatable bonds is 3. The summed E-state index contributed by atoms with van der Waals surface area (Å²) in [5.74, 6) is 0.170. The fourth-order valence-electron chi connectivity index (χ4n) is 1.39. The Bertz CT molecular complexity index is 728. The molecule has 2 aromatic rings. The minimum absolute atomic E-state index is 0.0639. The van der Waals surface area contributed by atoms with E-state index in [1.165, 1.54) is 12.3 Å². The van der Waals surface area contributed by atoms with Crippen molar-refractivity contribution in [1.82, 2.24) is 9.97 Å². The van der Waals surface area contributed by atoms with E-state index in [1.54, 1.807) is 13.8 Å². The summed E-state index contributed by atoms with van der Waals surface area (Å²) in [6.45, 7) is 3.44. The molecule has 0 spiro atoms. The van der Waals surface area contributed by atoms with Crippen molar-refractivity contribution >= 4 is 50.4 Å². The van der Waals surface area contributed by atoms with Gasteiger partial charge in [0, 0.05) is 0 Å². The summed E-state index contributed by atoms with van der Waals surface area (Å²) < 4.78 is 27.1. The molecule has 0 bridgehead atoms. The highest BCUT2D eigenvalue weighted by atomic mass is 35.5. The number of nitrogens with one attached hydrogen (secondary N) is 1. The smallest absolute Gasteiger partial charge is 0.262 e. The van der Waals surface area contributed by atoms with Crippen LogP contribution < -0.4 is 4.72 Å². The van der Waals surface area contributed by atoms with Gasteiger partial charge in [-0.3, -0.25) is 9.71 Å². The standard InChI is InChI=1S/C10H9Cl2N3O2S2/c1-5-4-13-10(6(2)14-5)15-19(16,17)7-3-8(11)18-9(7)12/h3-4H,1-2H3,(H,13,15). The van der Waals surface area contributed by atoms with Crippen LogP contribution in [0.1, 0.15) is 11.4 Å². The van der Waals surface area contributed by atoms with Gasteiger partial charge in [0.25, 0.3) is 10.0 Å². The monoisotopic (exact) mass is 337 g/mol. The van der Waals surface area contributed by atoms with Crippen LogP contribution in [0.25, 0.3) is 0 Å². The van der Waals surface area contributed by atoms with Crippen molar-refractivity contribution in [3.63, 3.8) is 0 Å². The lowest BCUT2D eigenvalue weighted by atomic mass is 10.4. The van der Waals surface area contributed by atoms with Gasteiger partial charge >= 0.3 is 0 Å². The Kier molecular flexibility index (Phi) is 4.00. The second-order valence-electron chi connectivity index (χ2n) is 3.74. The van der Waals surface area contributed by atoms with Gasteiger partial charge < -0.3 is 0 Å². The molecule has 0 amide bonds. The Morgan fingerprint density at radius 2 is 2.00 bits per heavy atom. The van der Waals surface area contributed by atoms with Gasteiger partial charge in [0.1, 0.15) is 9.23 Å². The number of aryl methyl sites for hydroxylation is 2. The van der Waals surface area contributed by atoms with Gasteiger partial charge in [0.2, 0.25) is 0 Å². The van der Waals surface area contributed by atoms with Crippen molar-refractivity contribution in [2.75, 3.05) is 4.72 Å². The molecule has 0 atom stereocenters. The first-order valence-corrected chi connectivity index (χ1v) is 8.13. The van der Waals surface area contributed by atoms with Gasteiger partial charge in [0.05, 0.1) is 21.9 Å². The lowest BCUT2D eigenvalue weighted by Crippen LogP contribution is -2.15. The summed E-state index contributed by atoms with van der Waals surface area (Å²) in [4.78, 5) is 8.07. The Labute approximate surface area is 124 Å². The summed E-state index contributed by atoms with van der Waals surface area (Å²) in [5.41, 5.74) is 1.19. The Morgan fingerprint density at radius 1 is 1.32 bits per heavy atom. The fourth-order valence-corrected chi connectivity index (χ4v) is 4.61. The van der Waals surface area contributed by atoms with Crippen molar-refractivity contribution in [2.24, 2.45) is 0 Å². The van der Waals surface area contributed by atoms with Crippen LogP contribution in [0.3, 0.4) is 0 Å². The maximum absolute atomic E-state index is 12.2. The third-order valence-corrected chi connectivity index (χ3v) is 5.31. The molecule has 9 heteroatoms. The third-order valence-electron chi connectivity index (χ3n) is 2.21. The highest BCUT2D eigenvalue weighted by Crippen LogP contribution is 2.35. The third kappa shape index (κ3) is 3.17. The number of halogens is 2. The zero-order valence-electron chi connectivity index (χ0n) is 9.94. The fraction of sp³-hybridized carbons (Fsp3) is 0.200. The molecule has 0 radical (unpaired) electrons. The summed E-state index contributed by atoms with van der Waals surface area (Å²) in [6.07, 6.45) is 1.48. The van der Waals surface area contributed by atoms with E-state index in [4.69, 9.17) is 23.2 Å². The SMILES string of the molecule is Cc1cnc(NS(=O)(=O)c2cc(Cl)sc2Cl)c(C)n1. The van der Waals surface area contributed by atoms with Crippen molar-refractivity contribution in [1.29, 1.82) is 0 Å². The van der Waals surface area contributed by atoms with E-state index in [0.29, 0.717) is 15.7 Å². The van der Waals surface area contributed by atoms with E-state index in [9.17, 15) is 8.42 Å². The molecule has 19 heavy (non-hydrogen) atoms. The van der Waals surface area contributed by atoms with E-state index in [-0.39, 0.29) is 15.0 Å². The van der Waals surface area contributed by atoms with Crippen LogP contribution >= 0.6 is 34.5 Å². The Balaban J connectivity index is 2.39. The molecule has 2 aromatic heterocycles. The topological polar surface area (TPSA) is 72.0 Å². The lowest BCUT2D eigenvalue weighted by Gasteiger charge is -2.08. The summed E-state index contributed by atoms with van der Waals surface area (Å²) in [5, 5.41) is 0. The van der Waals surface area contributed by atoms with Crippen molar-refractivity contribution < 1.29 is 8.42 Å². The Hall–Kier alpha value is -0.890. The first-order valence-electron chi connectivity index (χ1n) is 5.07. The molecule has 0 aromatic carbocycles.